The summed E-state index contributed by atoms with van der Waals surface area (Å²) in [5, 5.41) is 24.0. The van der Waals surface area contributed by atoms with Crippen LogP contribution in [0, 0.1) is 0 Å². The van der Waals surface area contributed by atoms with Crippen molar-refractivity contribution in [2.75, 3.05) is 12.3 Å². The maximum Gasteiger partial charge on any atom is 0.322 e. The number of aliphatic carboxylic acids is 2. The number of nitrogens with one attached hydrogen (secondary N) is 2. The van der Waals surface area contributed by atoms with E-state index in [1.54, 1.807) is 11.3 Å². The molecule has 2 amide bonds. The van der Waals surface area contributed by atoms with Crippen LogP contribution in [0.15, 0.2) is 17.5 Å². The van der Waals surface area contributed by atoms with Crippen LogP contribution in [0.4, 0.5) is 0 Å². The molecule has 144 valence electrons. The van der Waals surface area contributed by atoms with Gasteiger partial charge in [0.1, 0.15) is 18.6 Å². The highest BCUT2D eigenvalue weighted by Crippen LogP contribution is 2.17. The third-order valence-corrected chi connectivity index (χ3v) is 5.32. The molecule has 0 aliphatic rings. The van der Waals surface area contributed by atoms with E-state index >= 15 is 0 Å². The molecule has 0 spiro atoms. The molecule has 0 aromatic carbocycles. The zero-order valence-electron chi connectivity index (χ0n) is 13.8. The number of carboxylic acids is 2. The monoisotopic (exact) mass is 403 g/mol. The molecule has 0 unspecified atom stereocenters. The van der Waals surface area contributed by atoms with Crippen LogP contribution in [0.2, 0.25) is 0 Å². The van der Waals surface area contributed by atoms with Crippen molar-refractivity contribution < 1.29 is 29.4 Å². The first kappa shape index (κ1) is 21.9. The van der Waals surface area contributed by atoms with Crippen molar-refractivity contribution in [3.8, 4) is 0 Å². The SMILES string of the molecule is N[C@@H](CCC(=O)N[C@@H](CSCc1cccs1)C(=O)NCC(=O)O)C(=O)O. The summed E-state index contributed by atoms with van der Waals surface area (Å²) in [6.45, 7) is -0.551. The van der Waals surface area contributed by atoms with Crippen LogP contribution in [-0.2, 0) is 24.9 Å². The van der Waals surface area contributed by atoms with Gasteiger partial charge in [-0.25, -0.2) is 0 Å². The summed E-state index contributed by atoms with van der Waals surface area (Å²) < 4.78 is 0. The maximum atomic E-state index is 12.1. The van der Waals surface area contributed by atoms with E-state index in [0.717, 1.165) is 4.88 Å². The third kappa shape index (κ3) is 8.83. The zero-order valence-corrected chi connectivity index (χ0v) is 15.5. The van der Waals surface area contributed by atoms with E-state index in [1.165, 1.54) is 11.8 Å². The van der Waals surface area contributed by atoms with Crippen LogP contribution in [-0.4, -0.2) is 58.3 Å². The molecule has 9 nitrogen and oxygen atoms in total. The molecule has 0 saturated carbocycles. The number of thioether (sulfide) groups is 1. The van der Waals surface area contributed by atoms with Gasteiger partial charge in [0.25, 0.3) is 0 Å². The van der Waals surface area contributed by atoms with Crippen molar-refractivity contribution in [2.24, 2.45) is 5.73 Å². The Labute approximate surface area is 158 Å². The summed E-state index contributed by atoms with van der Waals surface area (Å²) in [4.78, 5) is 46.4. The van der Waals surface area contributed by atoms with Crippen LogP contribution in [0.1, 0.15) is 17.7 Å². The lowest BCUT2D eigenvalue weighted by Gasteiger charge is -2.18. The molecule has 26 heavy (non-hydrogen) atoms. The fourth-order valence-corrected chi connectivity index (χ4v) is 3.71. The number of carbonyl (C=O) groups excluding carboxylic acids is 2. The predicted molar refractivity (Wildman–Crippen MR) is 97.9 cm³/mol. The quantitative estimate of drug-likeness (QED) is 0.322. The Kier molecular flexibility index (Phi) is 9.70. The molecule has 0 aliphatic heterocycles. The lowest BCUT2D eigenvalue weighted by atomic mass is 10.1. The second-order valence-corrected chi connectivity index (χ2v) is 7.37. The molecule has 6 N–H and O–H groups in total. The summed E-state index contributed by atoms with van der Waals surface area (Å²) >= 11 is 2.99. The van der Waals surface area contributed by atoms with Crippen molar-refractivity contribution in [3.63, 3.8) is 0 Å². The summed E-state index contributed by atoms with van der Waals surface area (Å²) in [5.74, 6) is -2.63. The fourth-order valence-electron chi connectivity index (χ4n) is 1.82. The van der Waals surface area contributed by atoms with E-state index in [2.05, 4.69) is 10.6 Å². The smallest absolute Gasteiger partial charge is 0.322 e. The van der Waals surface area contributed by atoms with Gasteiger partial charge in [0.05, 0.1) is 0 Å². The van der Waals surface area contributed by atoms with E-state index in [9.17, 15) is 19.2 Å². The number of carbonyl (C=O) groups is 4. The molecule has 1 heterocycles. The molecule has 11 heteroatoms. The van der Waals surface area contributed by atoms with E-state index in [0.29, 0.717) is 5.75 Å². The largest absolute Gasteiger partial charge is 0.480 e. The van der Waals surface area contributed by atoms with Gasteiger partial charge < -0.3 is 26.6 Å². The summed E-state index contributed by atoms with van der Waals surface area (Å²) in [6.07, 6.45) is -0.210. The molecule has 0 saturated heterocycles. The van der Waals surface area contributed by atoms with Gasteiger partial charge >= 0.3 is 11.9 Å². The van der Waals surface area contributed by atoms with Crippen molar-refractivity contribution in [3.05, 3.63) is 22.4 Å². The van der Waals surface area contributed by atoms with Crippen molar-refractivity contribution in [2.45, 2.75) is 30.7 Å². The molecule has 0 fully saturated rings. The number of hydrogen-bond acceptors (Lipinski definition) is 7. The molecule has 1 rings (SSSR count). The average Bonchev–Trinajstić information content (AvgIpc) is 3.09. The maximum absolute atomic E-state index is 12.1. The Morgan fingerprint density at radius 3 is 2.58 bits per heavy atom. The van der Waals surface area contributed by atoms with Crippen LogP contribution < -0.4 is 16.4 Å². The second-order valence-electron chi connectivity index (χ2n) is 5.31. The minimum atomic E-state index is -1.21. The van der Waals surface area contributed by atoms with Gasteiger partial charge in [0.15, 0.2) is 0 Å². The van der Waals surface area contributed by atoms with Crippen LogP contribution in [0.25, 0.3) is 0 Å². The lowest BCUT2D eigenvalue weighted by molar-refractivity contribution is -0.139. The summed E-state index contributed by atoms with van der Waals surface area (Å²) in [5.41, 5.74) is 5.34. The van der Waals surface area contributed by atoms with Gasteiger partial charge in [0, 0.05) is 22.8 Å². The lowest BCUT2D eigenvalue weighted by Crippen LogP contribution is -2.49. The highest BCUT2D eigenvalue weighted by atomic mass is 32.2. The zero-order chi connectivity index (χ0) is 19.5. The summed E-state index contributed by atoms with van der Waals surface area (Å²) in [7, 11) is 0. The van der Waals surface area contributed by atoms with E-state index in [1.807, 2.05) is 17.5 Å². The Balaban J connectivity index is 2.54. The Hall–Kier alpha value is -2.11. The number of nitrogens with two attached hydrogens (primary N) is 1. The van der Waals surface area contributed by atoms with Crippen LogP contribution >= 0.6 is 23.1 Å². The Bertz CT molecular complexity index is 623. The molecule has 0 bridgehead atoms. The number of carboxylic acid groups (broad SMARTS) is 2. The van der Waals surface area contributed by atoms with E-state index in [4.69, 9.17) is 15.9 Å². The molecule has 2 atom stereocenters. The van der Waals surface area contributed by atoms with E-state index in [-0.39, 0.29) is 18.6 Å². The Morgan fingerprint density at radius 2 is 2.00 bits per heavy atom. The van der Waals surface area contributed by atoms with Gasteiger partial charge in [-0.1, -0.05) is 6.07 Å². The minimum absolute atomic E-state index is 0.0625. The van der Waals surface area contributed by atoms with Crippen LogP contribution in [0.5, 0.6) is 0 Å². The molecule has 0 radical (unpaired) electrons. The topological polar surface area (TPSA) is 159 Å². The average molecular weight is 403 g/mol. The molecule has 1 aromatic heterocycles. The first-order chi connectivity index (χ1) is 12.3. The third-order valence-electron chi connectivity index (χ3n) is 3.17. The predicted octanol–water partition coefficient (Wildman–Crippen LogP) is -0.141. The Morgan fingerprint density at radius 1 is 1.27 bits per heavy atom. The molecular weight excluding hydrogens is 382 g/mol. The van der Waals surface area contributed by atoms with Gasteiger partial charge in [0.2, 0.25) is 11.8 Å². The minimum Gasteiger partial charge on any atom is -0.480 e. The van der Waals surface area contributed by atoms with Crippen LogP contribution in [0.3, 0.4) is 0 Å². The first-order valence-corrected chi connectivity index (χ1v) is 9.70. The molecular formula is C15H21N3O6S2. The second kappa shape index (κ2) is 11.5. The normalized spacial score (nSPS) is 12.8. The van der Waals surface area contributed by atoms with Gasteiger partial charge in [-0.15, -0.1) is 11.3 Å². The molecule has 0 aliphatic carbocycles. The number of thiophene rings is 1. The van der Waals surface area contributed by atoms with Gasteiger partial charge in [-0.3, -0.25) is 19.2 Å². The fraction of sp³-hybridized carbons (Fsp3) is 0.467. The van der Waals surface area contributed by atoms with E-state index < -0.39 is 42.4 Å². The first-order valence-electron chi connectivity index (χ1n) is 7.67. The van der Waals surface area contributed by atoms with Crippen molar-refractivity contribution in [1.29, 1.82) is 0 Å². The van der Waals surface area contributed by atoms with Gasteiger partial charge in [-0.05, 0) is 17.9 Å². The van der Waals surface area contributed by atoms with Gasteiger partial charge in [-0.2, -0.15) is 11.8 Å². The highest BCUT2D eigenvalue weighted by Gasteiger charge is 2.22. The number of hydrogen-bond donors (Lipinski definition) is 5. The molecule has 1 aromatic rings. The number of rotatable bonds is 12. The summed E-state index contributed by atoms with van der Waals surface area (Å²) in [6, 6.07) is 1.77. The highest BCUT2D eigenvalue weighted by molar-refractivity contribution is 7.98. The van der Waals surface area contributed by atoms with Crippen molar-refractivity contribution in [1.82, 2.24) is 10.6 Å². The number of amides is 2. The standard InChI is InChI=1S/C15H21N3O6S2/c16-10(15(23)24)3-4-12(19)18-11(14(22)17-6-13(20)21)8-25-7-9-2-1-5-26-9/h1-2,5,10-11H,3-4,6-8,16H2,(H,17,22)(H,18,19)(H,20,21)(H,23,24)/t10-,11-/m0/s1. The van der Waals surface area contributed by atoms with Crippen molar-refractivity contribution >= 4 is 46.9 Å².